The molecule has 0 spiro atoms. The van der Waals surface area contributed by atoms with E-state index in [4.69, 9.17) is 5.11 Å². The van der Waals surface area contributed by atoms with E-state index < -0.39 is 15.8 Å². The summed E-state index contributed by atoms with van der Waals surface area (Å²) in [5, 5.41) is 9.07. The molecule has 1 aliphatic heterocycles. The van der Waals surface area contributed by atoms with Crippen LogP contribution in [0.3, 0.4) is 0 Å². The van der Waals surface area contributed by atoms with Crippen LogP contribution in [0.5, 0.6) is 0 Å². The minimum Gasteiger partial charge on any atom is -0.481 e. The van der Waals surface area contributed by atoms with Gasteiger partial charge in [-0.25, -0.2) is 8.42 Å². The third-order valence-corrected chi connectivity index (χ3v) is 6.78. The Morgan fingerprint density at radius 1 is 1.33 bits per heavy atom. The lowest BCUT2D eigenvalue weighted by Crippen LogP contribution is -2.54. The van der Waals surface area contributed by atoms with Crippen LogP contribution in [0.25, 0.3) is 0 Å². The summed E-state index contributed by atoms with van der Waals surface area (Å²) >= 11 is 0. The molecule has 2 rings (SSSR count). The predicted octanol–water partition coefficient (Wildman–Crippen LogP) is 1.77. The Labute approximate surface area is 127 Å². The van der Waals surface area contributed by atoms with E-state index in [2.05, 4.69) is 18.7 Å². The van der Waals surface area contributed by atoms with Crippen molar-refractivity contribution in [1.82, 2.24) is 4.90 Å². The normalized spacial score (nSPS) is 34.0. The SMILES string of the molecule is CC(C)C1CCCC(N2CCS(=O)(=O)CC2CC(=O)O)C1. The topological polar surface area (TPSA) is 74.7 Å². The molecule has 0 radical (unpaired) electrons. The Kier molecular flexibility index (Phi) is 5.30. The van der Waals surface area contributed by atoms with Crippen molar-refractivity contribution in [2.45, 2.75) is 58.0 Å². The second kappa shape index (κ2) is 6.65. The number of rotatable bonds is 4. The Hall–Kier alpha value is -0.620. The number of carboxylic acids is 1. The van der Waals surface area contributed by atoms with Gasteiger partial charge in [0.2, 0.25) is 0 Å². The van der Waals surface area contributed by atoms with E-state index in [1.54, 1.807) is 0 Å². The van der Waals surface area contributed by atoms with Gasteiger partial charge < -0.3 is 5.11 Å². The molecule has 21 heavy (non-hydrogen) atoms. The van der Waals surface area contributed by atoms with Crippen LogP contribution in [0, 0.1) is 11.8 Å². The van der Waals surface area contributed by atoms with Gasteiger partial charge in [-0.2, -0.15) is 0 Å². The first kappa shape index (κ1) is 16.7. The maximum Gasteiger partial charge on any atom is 0.304 e. The van der Waals surface area contributed by atoms with Gasteiger partial charge in [-0.05, 0) is 24.7 Å². The fourth-order valence-electron chi connectivity index (χ4n) is 3.87. The van der Waals surface area contributed by atoms with Crippen LogP contribution in [0.4, 0.5) is 0 Å². The molecule has 2 fully saturated rings. The van der Waals surface area contributed by atoms with Gasteiger partial charge in [0.05, 0.1) is 17.9 Å². The standard InChI is InChI=1S/C15H27NO4S/c1-11(2)12-4-3-5-13(8-12)16-6-7-21(19,20)10-14(16)9-15(17)18/h11-14H,3-10H2,1-2H3,(H,17,18). The molecule has 0 aromatic rings. The number of hydrogen-bond acceptors (Lipinski definition) is 4. The predicted molar refractivity (Wildman–Crippen MR) is 82.0 cm³/mol. The molecule has 3 unspecified atom stereocenters. The zero-order chi connectivity index (χ0) is 15.6. The third-order valence-electron chi connectivity index (χ3n) is 5.08. The molecule has 0 aromatic heterocycles. The summed E-state index contributed by atoms with van der Waals surface area (Å²) in [5.41, 5.74) is 0. The van der Waals surface area contributed by atoms with Crippen molar-refractivity contribution in [3.8, 4) is 0 Å². The molecule has 122 valence electrons. The summed E-state index contributed by atoms with van der Waals surface area (Å²) in [6.45, 7) is 4.97. The fourth-order valence-corrected chi connectivity index (χ4v) is 5.42. The molecule has 1 saturated heterocycles. The highest BCUT2D eigenvalue weighted by molar-refractivity contribution is 7.91. The number of nitrogens with zero attached hydrogens (tertiary/aromatic N) is 1. The quantitative estimate of drug-likeness (QED) is 0.855. The molecule has 1 N–H and O–H groups in total. The summed E-state index contributed by atoms with van der Waals surface area (Å²) in [7, 11) is -3.08. The lowest BCUT2D eigenvalue weighted by atomic mass is 9.78. The zero-order valence-electron chi connectivity index (χ0n) is 13.0. The third kappa shape index (κ3) is 4.42. The van der Waals surface area contributed by atoms with Crippen LogP contribution in [0.2, 0.25) is 0 Å². The Morgan fingerprint density at radius 3 is 2.67 bits per heavy atom. The van der Waals surface area contributed by atoms with Crippen molar-refractivity contribution >= 4 is 15.8 Å². The first-order valence-corrected chi connectivity index (χ1v) is 9.78. The van der Waals surface area contributed by atoms with Crippen LogP contribution >= 0.6 is 0 Å². The van der Waals surface area contributed by atoms with Crippen LogP contribution < -0.4 is 0 Å². The molecule has 1 aliphatic carbocycles. The number of sulfone groups is 1. The van der Waals surface area contributed by atoms with Gasteiger partial charge in [-0.3, -0.25) is 9.69 Å². The highest BCUT2D eigenvalue weighted by atomic mass is 32.2. The monoisotopic (exact) mass is 317 g/mol. The van der Waals surface area contributed by atoms with Gasteiger partial charge in [0.15, 0.2) is 9.84 Å². The fraction of sp³-hybridized carbons (Fsp3) is 0.933. The molecular weight excluding hydrogens is 290 g/mol. The van der Waals surface area contributed by atoms with Crippen molar-refractivity contribution in [2.24, 2.45) is 11.8 Å². The second-order valence-corrected chi connectivity index (χ2v) is 9.16. The Balaban J connectivity index is 2.09. The maximum atomic E-state index is 11.8. The number of hydrogen-bond donors (Lipinski definition) is 1. The Morgan fingerprint density at radius 2 is 2.05 bits per heavy atom. The van der Waals surface area contributed by atoms with E-state index in [9.17, 15) is 13.2 Å². The highest BCUT2D eigenvalue weighted by Gasteiger charge is 2.38. The minimum atomic E-state index is -3.08. The molecule has 5 nitrogen and oxygen atoms in total. The number of carbonyl (C=O) groups is 1. The first-order chi connectivity index (χ1) is 9.78. The van der Waals surface area contributed by atoms with E-state index in [-0.39, 0.29) is 24.0 Å². The lowest BCUT2D eigenvalue weighted by Gasteiger charge is -2.44. The van der Waals surface area contributed by atoms with Crippen LogP contribution in [0.1, 0.15) is 46.0 Å². The average molecular weight is 317 g/mol. The molecule has 6 heteroatoms. The van der Waals surface area contributed by atoms with Gasteiger partial charge in [0, 0.05) is 18.6 Å². The molecule has 1 heterocycles. The number of carboxylic acid groups (broad SMARTS) is 1. The maximum absolute atomic E-state index is 11.8. The van der Waals surface area contributed by atoms with Gasteiger partial charge >= 0.3 is 5.97 Å². The van der Waals surface area contributed by atoms with Gasteiger partial charge in [0.25, 0.3) is 0 Å². The van der Waals surface area contributed by atoms with E-state index in [1.165, 1.54) is 6.42 Å². The van der Waals surface area contributed by atoms with E-state index in [1.807, 2.05) is 0 Å². The average Bonchev–Trinajstić information content (AvgIpc) is 2.37. The highest BCUT2D eigenvalue weighted by Crippen LogP contribution is 2.34. The van der Waals surface area contributed by atoms with Crippen LogP contribution in [-0.2, 0) is 14.6 Å². The summed E-state index contributed by atoms with van der Waals surface area (Å²) in [5.74, 6) is 0.582. The van der Waals surface area contributed by atoms with Crippen LogP contribution in [-0.4, -0.2) is 54.5 Å². The molecule has 0 amide bonds. The van der Waals surface area contributed by atoms with Gasteiger partial charge in [-0.1, -0.05) is 26.7 Å². The smallest absolute Gasteiger partial charge is 0.304 e. The summed E-state index contributed by atoms with van der Waals surface area (Å²) < 4.78 is 23.6. The second-order valence-electron chi connectivity index (χ2n) is 6.93. The van der Waals surface area contributed by atoms with Crippen molar-refractivity contribution < 1.29 is 18.3 Å². The summed E-state index contributed by atoms with van der Waals surface area (Å²) in [6.07, 6.45) is 4.48. The van der Waals surface area contributed by atoms with Crippen molar-refractivity contribution in [1.29, 1.82) is 0 Å². The zero-order valence-corrected chi connectivity index (χ0v) is 13.8. The van der Waals surface area contributed by atoms with Gasteiger partial charge in [-0.15, -0.1) is 0 Å². The molecule has 0 aromatic carbocycles. The first-order valence-electron chi connectivity index (χ1n) is 7.96. The molecule has 2 aliphatic rings. The largest absolute Gasteiger partial charge is 0.481 e. The molecule has 0 bridgehead atoms. The summed E-state index contributed by atoms with van der Waals surface area (Å²) in [4.78, 5) is 13.2. The molecular formula is C15H27NO4S. The van der Waals surface area contributed by atoms with E-state index >= 15 is 0 Å². The van der Waals surface area contributed by atoms with E-state index in [0.29, 0.717) is 24.4 Å². The number of aliphatic carboxylic acids is 1. The van der Waals surface area contributed by atoms with Crippen molar-refractivity contribution in [3.63, 3.8) is 0 Å². The molecule has 1 saturated carbocycles. The summed E-state index contributed by atoms with van der Waals surface area (Å²) in [6, 6.07) is 0.00293. The van der Waals surface area contributed by atoms with Crippen molar-refractivity contribution in [2.75, 3.05) is 18.1 Å². The Bertz CT molecular complexity index is 474. The van der Waals surface area contributed by atoms with E-state index in [0.717, 1.165) is 19.3 Å². The molecule has 3 atom stereocenters. The van der Waals surface area contributed by atoms with Crippen molar-refractivity contribution in [3.05, 3.63) is 0 Å². The van der Waals surface area contributed by atoms with Gasteiger partial charge in [0.1, 0.15) is 0 Å². The lowest BCUT2D eigenvalue weighted by molar-refractivity contribution is -0.138. The minimum absolute atomic E-state index is 0.00213. The van der Waals surface area contributed by atoms with Crippen LogP contribution in [0.15, 0.2) is 0 Å².